The van der Waals surface area contributed by atoms with Gasteiger partial charge in [-0.25, -0.2) is 9.59 Å². The van der Waals surface area contributed by atoms with Crippen LogP contribution in [-0.4, -0.2) is 40.6 Å². The zero-order chi connectivity index (χ0) is 13.4. The van der Waals surface area contributed by atoms with Gasteiger partial charge in [-0.2, -0.15) is 0 Å². The number of carbonyl (C=O) groups excluding carboxylic acids is 1. The second kappa shape index (κ2) is 4.27. The maximum absolute atomic E-state index is 11.8. The van der Waals surface area contributed by atoms with Crippen molar-refractivity contribution in [2.45, 2.75) is 58.2 Å². The molecular formula is C11H18O6. The predicted molar refractivity (Wildman–Crippen MR) is 57.3 cm³/mol. The van der Waals surface area contributed by atoms with Gasteiger partial charge in [0.2, 0.25) is 0 Å². The molecule has 1 rings (SSSR count). The van der Waals surface area contributed by atoms with E-state index in [2.05, 4.69) is 0 Å². The van der Waals surface area contributed by atoms with E-state index < -0.39 is 35.5 Å². The molecule has 1 heterocycles. The minimum Gasteiger partial charge on any atom is -0.479 e. The summed E-state index contributed by atoms with van der Waals surface area (Å²) >= 11 is 0. The molecule has 0 radical (unpaired) electrons. The van der Waals surface area contributed by atoms with E-state index in [4.69, 9.17) is 19.3 Å². The van der Waals surface area contributed by atoms with Crippen LogP contribution < -0.4 is 0 Å². The highest BCUT2D eigenvalue weighted by Crippen LogP contribution is 2.29. The van der Waals surface area contributed by atoms with Crippen LogP contribution in [0.3, 0.4) is 0 Å². The van der Waals surface area contributed by atoms with Crippen molar-refractivity contribution in [2.75, 3.05) is 0 Å². The van der Waals surface area contributed by atoms with Crippen LogP contribution in [0, 0.1) is 0 Å². The van der Waals surface area contributed by atoms with Gasteiger partial charge in [-0.1, -0.05) is 0 Å². The first-order valence-corrected chi connectivity index (χ1v) is 5.33. The highest BCUT2D eigenvalue weighted by atomic mass is 16.8. The lowest BCUT2D eigenvalue weighted by molar-refractivity contribution is -0.178. The molecule has 1 N–H and O–H groups in total. The molecule has 0 bridgehead atoms. The van der Waals surface area contributed by atoms with Crippen LogP contribution in [0.5, 0.6) is 0 Å². The monoisotopic (exact) mass is 246 g/mol. The lowest BCUT2D eigenvalue weighted by Crippen LogP contribution is -2.41. The Morgan fingerprint density at radius 1 is 1.18 bits per heavy atom. The van der Waals surface area contributed by atoms with E-state index in [9.17, 15) is 9.59 Å². The lowest BCUT2D eigenvalue weighted by atomic mass is 10.1. The summed E-state index contributed by atoms with van der Waals surface area (Å²) in [6.45, 7) is 8.19. The average Bonchev–Trinajstić information content (AvgIpc) is 2.38. The third-order valence-corrected chi connectivity index (χ3v) is 1.98. The van der Waals surface area contributed by atoms with Gasteiger partial charge in [-0.15, -0.1) is 0 Å². The molecule has 0 saturated carbocycles. The molecule has 6 nitrogen and oxygen atoms in total. The number of ether oxygens (including phenoxy) is 3. The highest BCUT2D eigenvalue weighted by Gasteiger charge is 2.50. The Labute approximate surface area is 99.8 Å². The van der Waals surface area contributed by atoms with Crippen molar-refractivity contribution in [3.05, 3.63) is 0 Å². The molecule has 98 valence electrons. The van der Waals surface area contributed by atoms with E-state index in [0.717, 1.165) is 0 Å². The topological polar surface area (TPSA) is 82.1 Å². The van der Waals surface area contributed by atoms with Crippen LogP contribution in [0.25, 0.3) is 0 Å². The second-order valence-corrected chi connectivity index (χ2v) is 5.35. The van der Waals surface area contributed by atoms with Crippen molar-refractivity contribution in [2.24, 2.45) is 0 Å². The number of carboxylic acid groups (broad SMARTS) is 1. The second-order valence-electron chi connectivity index (χ2n) is 5.35. The molecule has 6 heteroatoms. The zero-order valence-corrected chi connectivity index (χ0v) is 10.6. The van der Waals surface area contributed by atoms with E-state index in [0.29, 0.717) is 0 Å². The van der Waals surface area contributed by atoms with E-state index in [-0.39, 0.29) is 0 Å². The van der Waals surface area contributed by atoms with Crippen LogP contribution in [0.2, 0.25) is 0 Å². The molecule has 0 aromatic rings. The number of carboxylic acids is 1. The fraction of sp³-hybridized carbons (Fsp3) is 0.818. The minimum atomic E-state index is -1.33. The Hall–Kier alpha value is -1.14. The van der Waals surface area contributed by atoms with Gasteiger partial charge < -0.3 is 19.3 Å². The first kappa shape index (κ1) is 13.9. The van der Waals surface area contributed by atoms with E-state index >= 15 is 0 Å². The van der Waals surface area contributed by atoms with Crippen LogP contribution in [0.1, 0.15) is 34.6 Å². The summed E-state index contributed by atoms with van der Waals surface area (Å²) in [4.78, 5) is 22.7. The van der Waals surface area contributed by atoms with Crippen molar-refractivity contribution in [3.63, 3.8) is 0 Å². The van der Waals surface area contributed by atoms with Crippen LogP contribution in [0.4, 0.5) is 0 Å². The number of hydrogen-bond acceptors (Lipinski definition) is 5. The third kappa shape index (κ3) is 3.67. The molecule has 0 amide bonds. The van der Waals surface area contributed by atoms with Crippen LogP contribution >= 0.6 is 0 Å². The van der Waals surface area contributed by atoms with E-state index in [1.54, 1.807) is 34.6 Å². The van der Waals surface area contributed by atoms with Gasteiger partial charge in [0.1, 0.15) is 5.60 Å². The van der Waals surface area contributed by atoms with Crippen LogP contribution in [0.15, 0.2) is 0 Å². The van der Waals surface area contributed by atoms with Gasteiger partial charge in [0.25, 0.3) is 0 Å². The van der Waals surface area contributed by atoms with Gasteiger partial charge >= 0.3 is 11.9 Å². The molecule has 1 saturated heterocycles. The quantitative estimate of drug-likeness (QED) is 0.730. The summed E-state index contributed by atoms with van der Waals surface area (Å²) < 4.78 is 15.5. The molecule has 1 aliphatic rings. The van der Waals surface area contributed by atoms with Crippen LogP contribution in [-0.2, 0) is 23.8 Å². The number of rotatable bonds is 2. The number of hydrogen-bond donors (Lipinski definition) is 1. The zero-order valence-electron chi connectivity index (χ0n) is 10.6. The maximum Gasteiger partial charge on any atom is 0.339 e. The molecule has 0 spiro atoms. The molecule has 17 heavy (non-hydrogen) atoms. The first-order valence-electron chi connectivity index (χ1n) is 5.33. The maximum atomic E-state index is 11.8. The summed E-state index contributed by atoms with van der Waals surface area (Å²) in [6, 6.07) is 0. The van der Waals surface area contributed by atoms with Crippen molar-refractivity contribution >= 4 is 11.9 Å². The number of carbonyl (C=O) groups is 2. The molecule has 0 aromatic heterocycles. The lowest BCUT2D eigenvalue weighted by Gasteiger charge is -2.22. The molecule has 0 unspecified atom stereocenters. The van der Waals surface area contributed by atoms with Gasteiger partial charge in [-0.3, -0.25) is 0 Å². The highest BCUT2D eigenvalue weighted by molar-refractivity contribution is 5.85. The first-order chi connectivity index (χ1) is 7.52. The van der Waals surface area contributed by atoms with Crippen molar-refractivity contribution in [3.8, 4) is 0 Å². The SMILES string of the molecule is CC(C)(C)OC(=O)[C@H]1OC(C)(C)O[C@@H]1C(=O)O. The normalized spacial score (nSPS) is 27.8. The van der Waals surface area contributed by atoms with Gasteiger partial charge in [0, 0.05) is 0 Å². The summed E-state index contributed by atoms with van der Waals surface area (Å²) in [5.41, 5.74) is -0.698. The molecule has 2 atom stereocenters. The molecule has 1 aliphatic heterocycles. The molecule has 0 aromatic carbocycles. The number of esters is 1. The Bertz CT molecular complexity index is 327. The van der Waals surface area contributed by atoms with E-state index in [1.165, 1.54) is 0 Å². The molecular weight excluding hydrogens is 228 g/mol. The molecule has 0 aliphatic carbocycles. The summed E-state index contributed by atoms with van der Waals surface area (Å²) in [6.07, 6.45) is -2.57. The van der Waals surface area contributed by atoms with Crippen molar-refractivity contribution in [1.29, 1.82) is 0 Å². The predicted octanol–water partition coefficient (Wildman–Crippen LogP) is 0.933. The minimum absolute atomic E-state index is 0.698. The fourth-order valence-electron chi connectivity index (χ4n) is 1.47. The van der Waals surface area contributed by atoms with Gasteiger partial charge in [0.15, 0.2) is 18.0 Å². The fourth-order valence-corrected chi connectivity index (χ4v) is 1.47. The Morgan fingerprint density at radius 3 is 2.06 bits per heavy atom. The standard InChI is InChI=1S/C11H18O6/c1-10(2,3)17-9(14)7-6(8(12)13)15-11(4,5)16-7/h6-7H,1-5H3,(H,12,13)/t6-,7-/m0/s1. The van der Waals surface area contributed by atoms with Gasteiger partial charge in [-0.05, 0) is 34.6 Å². The summed E-state index contributed by atoms with van der Waals surface area (Å²) in [7, 11) is 0. The Morgan fingerprint density at radius 2 is 1.65 bits per heavy atom. The summed E-state index contributed by atoms with van der Waals surface area (Å²) in [5.74, 6) is -3.08. The number of aliphatic carboxylic acids is 1. The average molecular weight is 246 g/mol. The summed E-state index contributed by atoms with van der Waals surface area (Å²) in [5, 5.41) is 8.95. The van der Waals surface area contributed by atoms with E-state index in [1.807, 2.05) is 0 Å². The Kier molecular flexibility index (Phi) is 3.50. The Balaban J connectivity index is 2.81. The third-order valence-electron chi connectivity index (χ3n) is 1.98. The largest absolute Gasteiger partial charge is 0.479 e. The molecule has 1 fully saturated rings. The van der Waals surface area contributed by atoms with Crippen molar-refractivity contribution < 1.29 is 28.9 Å². The smallest absolute Gasteiger partial charge is 0.339 e. The van der Waals surface area contributed by atoms with Gasteiger partial charge in [0.05, 0.1) is 0 Å². The van der Waals surface area contributed by atoms with Crippen molar-refractivity contribution in [1.82, 2.24) is 0 Å².